The van der Waals surface area contributed by atoms with Crippen molar-refractivity contribution in [1.29, 1.82) is 0 Å². The van der Waals surface area contributed by atoms with Gasteiger partial charge in [-0.25, -0.2) is 0 Å². The van der Waals surface area contributed by atoms with Crippen molar-refractivity contribution in [2.75, 3.05) is 0 Å². The molecule has 1 fully saturated rings. The standard InChI is InChI=1S/C10H17NO4/c1-5-4-8(7(3)15-5)11-9(12)6(2)10(13)14/h5-8H,4H2,1-3H3,(H,11,12)(H,13,14). The number of hydrogen-bond acceptors (Lipinski definition) is 3. The zero-order valence-electron chi connectivity index (χ0n) is 9.19. The molecule has 1 heterocycles. The van der Waals surface area contributed by atoms with Gasteiger partial charge in [-0.05, 0) is 27.2 Å². The quantitative estimate of drug-likeness (QED) is 0.668. The number of rotatable bonds is 3. The maximum Gasteiger partial charge on any atom is 0.315 e. The number of nitrogens with one attached hydrogen (secondary N) is 1. The molecule has 4 atom stereocenters. The summed E-state index contributed by atoms with van der Waals surface area (Å²) < 4.78 is 5.45. The van der Waals surface area contributed by atoms with Crippen molar-refractivity contribution in [1.82, 2.24) is 5.32 Å². The number of carbonyl (C=O) groups is 2. The minimum atomic E-state index is -1.10. The molecule has 1 rings (SSSR count). The summed E-state index contributed by atoms with van der Waals surface area (Å²) in [4.78, 5) is 22.0. The van der Waals surface area contributed by atoms with E-state index in [1.165, 1.54) is 6.92 Å². The normalized spacial score (nSPS) is 32.3. The topological polar surface area (TPSA) is 75.6 Å². The fraction of sp³-hybridized carbons (Fsp3) is 0.800. The third kappa shape index (κ3) is 2.92. The second-order valence-electron chi connectivity index (χ2n) is 4.06. The van der Waals surface area contributed by atoms with Gasteiger partial charge in [-0.15, -0.1) is 0 Å². The largest absolute Gasteiger partial charge is 0.481 e. The molecule has 0 saturated carbocycles. The summed E-state index contributed by atoms with van der Waals surface area (Å²) in [6.07, 6.45) is 0.801. The van der Waals surface area contributed by atoms with Crippen molar-refractivity contribution in [3.8, 4) is 0 Å². The van der Waals surface area contributed by atoms with Gasteiger partial charge in [0.2, 0.25) is 5.91 Å². The summed E-state index contributed by atoms with van der Waals surface area (Å²) in [5, 5.41) is 11.3. The van der Waals surface area contributed by atoms with Crippen LogP contribution in [0.2, 0.25) is 0 Å². The number of amides is 1. The first-order valence-corrected chi connectivity index (χ1v) is 5.10. The van der Waals surface area contributed by atoms with E-state index in [0.29, 0.717) is 0 Å². The van der Waals surface area contributed by atoms with Crippen LogP contribution in [0.5, 0.6) is 0 Å². The Morgan fingerprint density at radius 2 is 2.07 bits per heavy atom. The Balaban J connectivity index is 2.48. The molecule has 1 amide bonds. The number of carbonyl (C=O) groups excluding carboxylic acids is 1. The smallest absolute Gasteiger partial charge is 0.315 e. The van der Waals surface area contributed by atoms with Gasteiger partial charge in [0.05, 0.1) is 18.2 Å². The summed E-state index contributed by atoms with van der Waals surface area (Å²) in [6, 6.07) is -0.0747. The van der Waals surface area contributed by atoms with Crippen LogP contribution in [-0.4, -0.2) is 35.2 Å². The average Bonchev–Trinajstić information content (AvgIpc) is 2.43. The summed E-state index contributed by atoms with van der Waals surface area (Å²) in [7, 11) is 0. The lowest BCUT2D eigenvalue weighted by Crippen LogP contribution is -2.43. The average molecular weight is 215 g/mol. The van der Waals surface area contributed by atoms with Crippen LogP contribution in [0.4, 0.5) is 0 Å². The molecule has 0 aromatic carbocycles. The minimum absolute atomic E-state index is 0.0510. The van der Waals surface area contributed by atoms with E-state index >= 15 is 0 Å². The first-order valence-electron chi connectivity index (χ1n) is 5.10. The molecule has 0 bridgehead atoms. The molecule has 86 valence electrons. The van der Waals surface area contributed by atoms with Crippen molar-refractivity contribution < 1.29 is 19.4 Å². The molecule has 0 radical (unpaired) electrons. The molecule has 15 heavy (non-hydrogen) atoms. The molecular formula is C10H17NO4. The van der Waals surface area contributed by atoms with E-state index in [-0.39, 0.29) is 18.2 Å². The summed E-state index contributed by atoms with van der Waals surface area (Å²) >= 11 is 0. The van der Waals surface area contributed by atoms with Crippen molar-refractivity contribution in [2.24, 2.45) is 5.92 Å². The van der Waals surface area contributed by atoms with Gasteiger partial charge < -0.3 is 15.2 Å². The van der Waals surface area contributed by atoms with Crippen LogP contribution in [0, 0.1) is 5.92 Å². The van der Waals surface area contributed by atoms with E-state index in [1.807, 2.05) is 13.8 Å². The second-order valence-corrected chi connectivity index (χ2v) is 4.06. The van der Waals surface area contributed by atoms with Crippen LogP contribution in [0.3, 0.4) is 0 Å². The first-order chi connectivity index (χ1) is 6.91. The van der Waals surface area contributed by atoms with E-state index in [2.05, 4.69) is 5.32 Å². The molecule has 2 N–H and O–H groups in total. The highest BCUT2D eigenvalue weighted by Crippen LogP contribution is 2.19. The molecule has 5 nitrogen and oxygen atoms in total. The van der Waals surface area contributed by atoms with Gasteiger partial charge in [0, 0.05) is 0 Å². The van der Waals surface area contributed by atoms with Crippen molar-refractivity contribution >= 4 is 11.9 Å². The second kappa shape index (κ2) is 4.61. The van der Waals surface area contributed by atoms with E-state index in [9.17, 15) is 9.59 Å². The SMILES string of the molecule is CC1CC(NC(=O)C(C)C(=O)O)C(C)O1. The maximum atomic E-state index is 11.4. The predicted octanol–water partition coefficient (Wildman–Crippen LogP) is 0.389. The number of aliphatic carboxylic acids is 1. The molecular weight excluding hydrogens is 198 g/mol. The highest BCUT2D eigenvalue weighted by atomic mass is 16.5. The van der Waals surface area contributed by atoms with Crippen molar-refractivity contribution in [3.05, 3.63) is 0 Å². The summed E-state index contributed by atoms with van der Waals surface area (Å²) in [5.41, 5.74) is 0. The lowest BCUT2D eigenvalue weighted by Gasteiger charge is -2.17. The third-order valence-electron chi connectivity index (χ3n) is 2.69. The summed E-state index contributed by atoms with van der Waals surface area (Å²) in [6.45, 7) is 5.19. The first kappa shape index (κ1) is 12.0. The third-order valence-corrected chi connectivity index (χ3v) is 2.69. The molecule has 1 aliphatic heterocycles. The number of carboxylic acids is 1. The van der Waals surface area contributed by atoms with Gasteiger partial charge in [0.25, 0.3) is 0 Å². The Hall–Kier alpha value is -1.10. The van der Waals surface area contributed by atoms with Crippen LogP contribution in [0.1, 0.15) is 27.2 Å². The highest BCUT2D eigenvalue weighted by molar-refractivity contribution is 5.96. The fourth-order valence-electron chi connectivity index (χ4n) is 1.66. The monoisotopic (exact) mass is 215 g/mol. The molecule has 1 saturated heterocycles. The molecule has 0 aliphatic carbocycles. The number of hydrogen-bond donors (Lipinski definition) is 2. The van der Waals surface area contributed by atoms with Gasteiger partial charge >= 0.3 is 5.97 Å². The van der Waals surface area contributed by atoms with Gasteiger partial charge in [0.15, 0.2) is 0 Å². The Labute approximate surface area is 88.8 Å². The van der Waals surface area contributed by atoms with Gasteiger partial charge in [-0.2, -0.15) is 0 Å². The zero-order valence-corrected chi connectivity index (χ0v) is 9.19. The van der Waals surface area contributed by atoms with Crippen LogP contribution < -0.4 is 5.32 Å². The van der Waals surface area contributed by atoms with Crippen LogP contribution in [0.15, 0.2) is 0 Å². The van der Waals surface area contributed by atoms with Gasteiger partial charge in [0.1, 0.15) is 5.92 Å². The summed E-state index contributed by atoms with van der Waals surface area (Å²) in [5.74, 6) is -2.56. The number of carboxylic acid groups (broad SMARTS) is 1. The molecule has 1 aliphatic rings. The molecule has 5 heteroatoms. The Morgan fingerprint density at radius 3 is 2.47 bits per heavy atom. The Bertz CT molecular complexity index is 266. The van der Waals surface area contributed by atoms with Crippen LogP contribution in [0.25, 0.3) is 0 Å². The number of ether oxygens (including phenoxy) is 1. The van der Waals surface area contributed by atoms with Gasteiger partial charge in [-0.3, -0.25) is 9.59 Å². The highest BCUT2D eigenvalue weighted by Gasteiger charge is 2.32. The fourth-order valence-corrected chi connectivity index (χ4v) is 1.66. The van der Waals surface area contributed by atoms with E-state index in [4.69, 9.17) is 9.84 Å². The van der Waals surface area contributed by atoms with E-state index in [0.717, 1.165) is 6.42 Å². The molecule has 4 unspecified atom stereocenters. The van der Waals surface area contributed by atoms with Gasteiger partial charge in [-0.1, -0.05) is 0 Å². The Kier molecular flexibility index (Phi) is 3.68. The molecule has 0 spiro atoms. The molecule has 0 aromatic heterocycles. The van der Waals surface area contributed by atoms with E-state index in [1.54, 1.807) is 0 Å². The van der Waals surface area contributed by atoms with Crippen LogP contribution >= 0.6 is 0 Å². The maximum absolute atomic E-state index is 11.4. The Morgan fingerprint density at radius 1 is 1.47 bits per heavy atom. The lowest BCUT2D eigenvalue weighted by atomic mass is 10.1. The zero-order chi connectivity index (χ0) is 11.6. The van der Waals surface area contributed by atoms with Crippen molar-refractivity contribution in [3.63, 3.8) is 0 Å². The minimum Gasteiger partial charge on any atom is -0.481 e. The van der Waals surface area contributed by atoms with Crippen LogP contribution in [-0.2, 0) is 14.3 Å². The predicted molar refractivity (Wildman–Crippen MR) is 53.4 cm³/mol. The lowest BCUT2D eigenvalue weighted by molar-refractivity contribution is -0.146. The molecule has 0 aromatic rings. The van der Waals surface area contributed by atoms with Crippen molar-refractivity contribution in [2.45, 2.75) is 45.4 Å². The van der Waals surface area contributed by atoms with E-state index < -0.39 is 17.8 Å².